The summed E-state index contributed by atoms with van der Waals surface area (Å²) in [6.45, 7) is 6.31. The van der Waals surface area contributed by atoms with Crippen LogP contribution in [0.1, 0.15) is 32.3 Å². The SMILES string of the molecule is CCCN1C(=O)/C(=C2/SC(=S)N(CCCOCC)C2=O)c2cc(Br)ccc21. The quantitative estimate of drug-likeness (QED) is 0.340. The molecule has 1 fully saturated rings. The molecule has 2 aliphatic heterocycles. The number of anilines is 1. The molecule has 8 heteroatoms. The number of ether oxygens (including phenoxy) is 1. The third-order valence-corrected chi connectivity index (χ3v) is 6.32. The molecular formula is C19H21BrN2O3S2. The summed E-state index contributed by atoms with van der Waals surface area (Å²) in [5, 5.41) is 0. The molecule has 0 aliphatic carbocycles. The summed E-state index contributed by atoms with van der Waals surface area (Å²) in [6, 6.07) is 5.74. The van der Waals surface area contributed by atoms with Crippen molar-refractivity contribution < 1.29 is 14.3 Å². The Bertz CT molecular complexity index is 825. The van der Waals surface area contributed by atoms with Crippen molar-refractivity contribution in [2.45, 2.75) is 26.7 Å². The molecule has 1 aromatic carbocycles. The van der Waals surface area contributed by atoms with E-state index in [-0.39, 0.29) is 11.8 Å². The number of carbonyl (C=O) groups is 2. The van der Waals surface area contributed by atoms with Crippen LogP contribution in [0.3, 0.4) is 0 Å². The normalized spacial score (nSPS) is 19.4. The van der Waals surface area contributed by atoms with E-state index in [4.69, 9.17) is 17.0 Å². The second-order valence-corrected chi connectivity index (χ2v) is 8.76. The Morgan fingerprint density at radius 3 is 2.63 bits per heavy atom. The van der Waals surface area contributed by atoms with Crippen molar-refractivity contribution in [3.05, 3.63) is 33.1 Å². The first-order valence-corrected chi connectivity index (χ1v) is 11.0. The lowest BCUT2D eigenvalue weighted by molar-refractivity contribution is -0.122. The lowest BCUT2D eigenvalue weighted by Crippen LogP contribution is -2.31. The molecule has 5 nitrogen and oxygen atoms in total. The summed E-state index contributed by atoms with van der Waals surface area (Å²) >= 11 is 10.1. The Morgan fingerprint density at radius 2 is 1.93 bits per heavy atom. The molecule has 0 aromatic heterocycles. The molecule has 144 valence electrons. The average Bonchev–Trinajstić information content (AvgIpc) is 3.06. The Labute approximate surface area is 177 Å². The number of thiocarbonyl (C=S) groups is 1. The van der Waals surface area contributed by atoms with Crippen molar-refractivity contribution in [2.75, 3.05) is 31.2 Å². The van der Waals surface area contributed by atoms with Gasteiger partial charge in [-0.1, -0.05) is 46.8 Å². The van der Waals surface area contributed by atoms with Crippen LogP contribution in [0.15, 0.2) is 27.6 Å². The Kier molecular flexibility index (Phi) is 6.73. The number of nitrogens with zero attached hydrogens (tertiary/aromatic N) is 2. The van der Waals surface area contributed by atoms with Crippen LogP contribution in [0.2, 0.25) is 0 Å². The number of rotatable bonds is 7. The zero-order valence-corrected chi connectivity index (χ0v) is 18.5. The van der Waals surface area contributed by atoms with Gasteiger partial charge in [-0.25, -0.2) is 0 Å². The van der Waals surface area contributed by atoms with Gasteiger partial charge in [0.2, 0.25) is 0 Å². The van der Waals surface area contributed by atoms with Crippen molar-refractivity contribution in [1.82, 2.24) is 4.90 Å². The van der Waals surface area contributed by atoms with Crippen LogP contribution in [0, 0.1) is 0 Å². The largest absolute Gasteiger partial charge is 0.382 e. The monoisotopic (exact) mass is 468 g/mol. The van der Waals surface area contributed by atoms with Crippen LogP contribution >= 0.6 is 39.9 Å². The van der Waals surface area contributed by atoms with Crippen LogP contribution in [0.5, 0.6) is 0 Å². The molecule has 0 bridgehead atoms. The van der Waals surface area contributed by atoms with Crippen molar-refractivity contribution in [3.8, 4) is 0 Å². The van der Waals surface area contributed by atoms with Crippen molar-refractivity contribution >= 4 is 67.3 Å². The van der Waals surface area contributed by atoms with E-state index in [0.29, 0.717) is 47.5 Å². The summed E-state index contributed by atoms with van der Waals surface area (Å²) in [5.41, 5.74) is 2.10. The third kappa shape index (κ3) is 3.99. The summed E-state index contributed by atoms with van der Waals surface area (Å²) in [6.07, 6.45) is 1.55. The van der Waals surface area contributed by atoms with Gasteiger partial charge in [0, 0.05) is 36.3 Å². The molecule has 27 heavy (non-hydrogen) atoms. The average molecular weight is 469 g/mol. The van der Waals surface area contributed by atoms with Gasteiger partial charge < -0.3 is 9.64 Å². The fourth-order valence-corrected chi connectivity index (χ4v) is 4.92. The van der Waals surface area contributed by atoms with Gasteiger partial charge in [-0.05, 0) is 38.0 Å². The highest BCUT2D eigenvalue weighted by atomic mass is 79.9. The number of hydrogen-bond acceptors (Lipinski definition) is 5. The Balaban J connectivity index is 1.95. The Hall–Kier alpha value is -1.22. The highest BCUT2D eigenvalue weighted by Gasteiger charge is 2.41. The van der Waals surface area contributed by atoms with Gasteiger partial charge in [0.05, 0.1) is 16.2 Å². The summed E-state index contributed by atoms with van der Waals surface area (Å²) in [7, 11) is 0. The maximum Gasteiger partial charge on any atom is 0.267 e. The van der Waals surface area contributed by atoms with E-state index in [1.807, 2.05) is 32.0 Å². The van der Waals surface area contributed by atoms with Crippen LogP contribution in [-0.2, 0) is 14.3 Å². The van der Waals surface area contributed by atoms with E-state index < -0.39 is 0 Å². The topological polar surface area (TPSA) is 49.9 Å². The van der Waals surface area contributed by atoms with Gasteiger partial charge in [-0.3, -0.25) is 14.5 Å². The summed E-state index contributed by atoms with van der Waals surface area (Å²) in [4.78, 5) is 29.9. The van der Waals surface area contributed by atoms with Crippen LogP contribution in [-0.4, -0.2) is 47.3 Å². The van der Waals surface area contributed by atoms with E-state index in [1.165, 1.54) is 11.8 Å². The van der Waals surface area contributed by atoms with Gasteiger partial charge >= 0.3 is 0 Å². The molecule has 2 aliphatic rings. The first-order valence-electron chi connectivity index (χ1n) is 8.97. The number of thioether (sulfide) groups is 1. The second-order valence-electron chi connectivity index (χ2n) is 6.20. The lowest BCUT2D eigenvalue weighted by Gasteiger charge is -2.15. The maximum atomic E-state index is 13.1. The summed E-state index contributed by atoms with van der Waals surface area (Å²) < 4.78 is 6.71. The molecule has 0 atom stereocenters. The van der Waals surface area contributed by atoms with E-state index in [2.05, 4.69) is 15.9 Å². The molecule has 0 saturated carbocycles. The first-order chi connectivity index (χ1) is 13.0. The van der Waals surface area contributed by atoms with E-state index in [9.17, 15) is 9.59 Å². The fraction of sp³-hybridized carbons (Fsp3) is 0.421. The molecule has 3 rings (SSSR count). The minimum absolute atomic E-state index is 0.125. The number of carbonyl (C=O) groups excluding carboxylic acids is 2. The summed E-state index contributed by atoms with van der Waals surface area (Å²) in [5.74, 6) is -0.311. The highest BCUT2D eigenvalue weighted by molar-refractivity contribution is 9.10. The molecule has 1 aromatic rings. The number of hydrogen-bond donors (Lipinski definition) is 0. The second kappa shape index (κ2) is 8.86. The Morgan fingerprint density at radius 1 is 1.15 bits per heavy atom. The van der Waals surface area contributed by atoms with Gasteiger partial charge in [0.25, 0.3) is 11.8 Å². The number of benzene rings is 1. The van der Waals surface area contributed by atoms with Gasteiger partial charge in [0.15, 0.2) is 0 Å². The number of amides is 2. The minimum atomic E-state index is -0.186. The van der Waals surface area contributed by atoms with Crippen molar-refractivity contribution in [1.29, 1.82) is 0 Å². The van der Waals surface area contributed by atoms with Crippen LogP contribution in [0.4, 0.5) is 5.69 Å². The van der Waals surface area contributed by atoms with Crippen molar-refractivity contribution in [3.63, 3.8) is 0 Å². The molecule has 1 saturated heterocycles. The first kappa shape index (κ1) is 20.5. The highest BCUT2D eigenvalue weighted by Crippen LogP contribution is 2.45. The minimum Gasteiger partial charge on any atom is -0.382 e. The smallest absolute Gasteiger partial charge is 0.267 e. The van der Waals surface area contributed by atoms with Crippen molar-refractivity contribution in [2.24, 2.45) is 0 Å². The van der Waals surface area contributed by atoms with Crippen LogP contribution < -0.4 is 4.90 Å². The maximum absolute atomic E-state index is 13.1. The van der Waals surface area contributed by atoms with E-state index in [0.717, 1.165) is 22.1 Å². The van der Waals surface area contributed by atoms with Gasteiger partial charge in [-0.2, -0.15) is 0 Å². The number of halogens is 1. The molecule has 2 heterocycles. The molecule has 0 radical (unpaired) electrons. The lowest BCUT2D eigenvalue weighted by atomic mass is 10.1. The zero-order chi connectivity index (χ0) is 19.6. The third-order valence-electron chi connectivity index (χ3n) is 4.38. The standard InChI is InChI=1S/C19H21BrN2O3S2/c1-3-8-21-14-7-6-12(20)11-13(14)15(17(21)23)16-18(24)22(19(26)27-16)9-5-10-25-4-2/h6-7,11H,3-5,8-10H2,1-2H3/b16-15+. The molecule has 0 unspecified atom stereocenters. The van der Waals surface area contributed by atoms with E-state index in [1.54, 1.807) is 9.80 Å². The molecule has 2 amide bonds. The number of fused-ring (bicyclic) bond motifs is 1. The predicted molar refractivity (Wildman–Crippen MR) is 117 cm³/mol. The van der Waals surface area contributed by atoms with Gasteiger partial charge in [-0.15, -0.1) is 0 Å². The van der Waals surface area contributed by atoms with Crippen LogP contribution in [0.25, 0.3) is 5.57 Å². The molecule has 0 N–H and O–H groups in total. The van der Waals surface area contributed by atoms with E-state index >= 15 is 0 Å². The molecule has 0 spiro atoms. The molecular weight excluding hydrogens is 448 g/mol. The van der Waals surface area contributed by atoms with Gasteiger partial charge in [0.1, 0.15) is 4.32 Å². The zero-order valence-electron chi connectivity index (χ0n) is 15.3. The predicted octanol–water partition coefficient (Wildman–Crippen LogP) is 4.20. The fourth-order valence-electron chi connectivity index (χ4n) is 3.18.